The lowest BCUT2D eigenvalue weighted by Gasteiger charge is -2.43. The highest BCUT2D eigenvalue weighted by Crippen LogP contribution is 2.52. The third-order valence-electron chi connectivity index (χ3n) is 16.2. The van der Waals surface area contributed by atoms with E-state index in [0.29, 0.717) is 28.4 Å². The maximum absolute atomic E-state index is 9.35. The van der Waals surface area contributed by atoms with Crippen LogP contribution in [0.4, 0.5) is 39.9 Å². The van der Waals surface area contributed by atoms with Gasteiger partial charge in [-0.3, -0.25) is 4.90 Å². The Bertz CT molecular complexity index is 4860. The topological polar surface area (TPSA) is 31.8 Å². The van der Waals surface area contributed by atoms with Gasteiger partial charge in [0.15, 0.2) is 8.07 Å². The van der Waals surface area contributed by atoms with Gasteiger partial charge in [-0.15, -0.1) is 0 Å². The lowest BCUT2D eigenvalue weighted by Crippen LogP contribution is -2.75. The highest BCUT2D eigenvalue weighted by Gasteiger charge is 2.54. The highest BCUT2D eigenvalue weighted by atomic mass is 28.3. The molecule has 0 bridgehead atoms. The predicted octanol–water partition coefficient (Wildman–Crippen LogP) is 17.2. The van der Waals surface area contributed by atoms with Crippen molar-refractivity contribution in [3.63, 3.8) is 0 Å². The number of para-hydroxylation sites is 4. The van der Waals surface area contributed by atoms with Gasteiger partial charge in [-0.05, 0) is 125 Å². The van der Waals surface area contributed by atoms with E-state index in [1.165, 1.54) is 22.6 Å². The lowest BCUT2D eigenvalue weighted by atomic mass is 9.78. The number of nitrogens with zero attached hydrogens (tertiary/aromatic N) is 4. The first kappa shape index (κ1) is 37.6. The molecular weight excluding hydrogens is 1000 g/mol. The number of aromatic nitrogens is 1. The molecular formula is C75H64N4OSi. The SMILES string of the molecule is [2H]c1c([2H])c([2H])c(-c2cnc(N3c4ccccc4[Si]4(c5ccccc5-c5ccccc54)c4ccc(Oc5cccc(N6CN(c7c(-c8cc(C(C)(C)C)cc(C(C)(C)C)c8)cccc7-c7c([2H])c([2H])c([2H])c([2H])c7[2H])c7ccccc76)c5)cc43)cc2C([2H])([2H])[2H])c([2H])c1[2H]. The van der Waals surface area contributed by atoms with Crippen molar-refractivity contribution in [3.8, 4) is 56.0 Å². The van der Waals surface area contributed by atoms with Gasteiger partial charge in [0.05, 0.1) is 36.5 Å². The minimum absolute atomic E-state index is 0.0955. The van der Waals surface area contributed by atoms with Crippen molar-refractivity contribution in [1.29, 1.82) is 0 Å². The van der Waals surface area contributed by atoms with Gasteiger partial charge in [-0.25, -0.2) is 4.98 Å². The number of benzene rings is 10. The van der Waals surface area contributed by atoms with Crippen LogP contribution in [0, 0.1) is 6.85 Å². The molecule has 10 aromatic carbocycles. The van der Waals surface area contributed by atoms with Crippen LogP contribution in [-0.2, 0) is 10.8 Å². The first-order valence-electron chi connectivity index (χ1n) is 33.8. The minimum atomic E-state index is -3.23. The summed E-state index contributed by atoms with van der Waals surface area (Å²) >= 11 is 0. The number of ether oxygens (including phenoxy) is 1. The molecule has 6 heteroatoms. The van der Waals surface area contributed by atoms with Crippen molar-refractivity contribution in [2.45, 2.75) is 59.2 Å². The van der Waals surface area contributed by atoms with E-state index in [2.05, 4.69) is 136 Å². The average molecular weight is 1080 g/mol. The van der Waals surface area contributed by atoms with Gasteiger partial charge in [-0.2, -0.15) is 0 Å². The summed E-state index contributed by atoms with van der Waals surface area (Å²) < 4.78 is 122. The van der Waals surface area contributed by atoms with E-state index >= 15 is 0 Å². The second-order valence-corrected chi connectivity index (χ2v) is 26.7. The Balaban J connectivity index is 0.921. The molecule has 0 fully saturated rings. The second kappa shape index (κ2) is 19.3. The van der Waals surface area contributed by atoms with Crippen LogP contribution in [0.15, 0.2) is 249 Å². The summed E-state index contributed by atoms with van der Waals surface area (Å²) in [5.74, 6) is 1.19. The van der Waals surface area contributed by atoms with Crippen molar-refractivity contribution in [2.24, 2.45) is 0 Å². The number of pyridine rings is 1. The Kier molecular flexibility index (Phi) is 8.94. The van der Waals surface area contributed by atoms with Crippen LogP contribution in [0.3, 0.4) is 0 Å². The number of aryl methyl sites for hydroxylation is 1. The van der Waals surface area contributed by atoms with Gasteiger partial charge in [0.1, 0.15) is 24.0 Å². The first-order valence-corrected chi connectivity index (χ1v) is 29.3. The van der Waals surface area contributed by atoms with Gasteiger partial charge in [-0.1, -0.05) is 229 Å². The number of rotatable bonds is 8. The molecule has 0 amide bonds. The molecule has 3 aliphatic rings. The fourth-order valence-corrected chi connectivity index (χ4v) is 17.8. The molecule has 1 aromatic heterocycles. The summed E-state index contributed by atoms with van der Waals surface area (Å²) in [6.45, 7) is 10.6. The van der Waals surface area contributed by atoms with Crippen molar-refractivity contribution in [3.05, 3.63) is 265 Å². The molecule has 3 aliphatic heterocycles. The molecule has 5 nitrogen and oxygen atoms in total. The third kappa shape index (κ3) is 8.30. The molecule has 0 atom stereocenters. The van der Waals surface area contributed by atoms with Crippen molar-refractivity contribution in [1.82, 2.24) is 4.98 Å². The Morgan fingerprint density at radius 2 is 0.988 bits per heavy atom. The quantitative estimate of drug-likeness (QED) is 0.142. The zero-order valence-electron chi connectivity index (χ0n) is 58.8. The van der Waals surface area contributed by atoms with E-state index in [1.807, 2.05) is 95.9 Å². The van der Waals surface area contributed by atoms with E-state index in [4.69, 9.17) is 24.8 Å². The van der Waals surface area contributed by atoms with Crippen LogP contribution in [0.1, 0.15) is 76.1 Å². The first-order chi connectivity index (χ1) is 44.7. The molecule has 0 saturated carbocycles. The van der Waals surface area contributed by atoms with E-state index < -0.39 is 63.3 Å². The van der Waals surface area contributed by atoms with Crippen LogP contribution in [0.2, 0.25) is 0 Å². The zero-order valence-corrected chi connectivity index (χ0v) is 46.8. The lowest BCUT2D eigenvalue weighted by molar-refractivity contribution is 0.483. The zero-order chi connectivity index (χ0) is 66.4. The Morgan fingerprint density at radius 1 is 0.457 bits per heavy atom. The highest BCUT2D eigenvalue weighted by molar-refractivity contribution is 7.23. The van der Waals surface area contributed by atoms with Gasteiger partial charge in [0.25, 0.3) is 0 Å². The molecule has 0 aliphatic carbocycles. The molecule has 0 radical (unpaired) electrons. The number of hydrogen-bond acceptors (Lipinski definition) is 5. The second-order valence-electron chi connectivity index (χ2n) is 23.0. The molecule has 4 heterocycles. The molecule has 11 aromatic rings. The predicted molar refractivity (Wildman–Crippen MR) is 342 cm³/mol. The van der Waals surface area contributed by atoms with E-state index in [1.54, 1.807) is 0 Å². The monoisotopic (exact) mass is 1080 g/mol. The number of hydrogen-bond donors (Lipinski definition) is 0. The van der Waals surface area contributed by atoms with Crippen LogP contribution in [0.25, 0.3) is 44.5 Å². The van der Waals surface area contributed by atoms with Crippen LogP contribution >= 0.6 is 0 Å². The summed E-state index contributed by atoms with van der Waals surface area (Å²) in [6.07, 6.45) is 1.31. The van der Waals surface area contributed by atoms with Gasteiger partial charge >= 0.3 is 0 Å². The van der Waals surface area contributed by atoms with E-state index in [9.17, 15) is 2.74 Å². The Labute approximate surface area is 496 Å². The maximum Gasteiger partial charge on any atom is 0.185 e. The van der Waals surface area contributed by atoms with Gasteiger partial charge < -0.3 is 14.5 Å². The molecule has 394 valence electrons. The van der Waals surface area contributed by atoms with Crippen molar-refractivity contribution < 1.29 is 22.6 Å². The standard InChI is InChI=1S/C75H64N4OSi/c1-50-42-72(76-48-63(50)52-26-12-9-13-27-52)79-66-36-18-21-39-70(66)81(68-37-19-14-30-61(68)62-31-15-20-38-69(62)81)71-41-40-58(47-67(71)79)80-57-29-22-28-56(46-57)77-49-78(65-35-17-16-34-64(65)77)73-59(51-24-10-8-11-25-51)32-23-33-60(73)53-43-54(74(2,3)4)45-55(44-53)75(5,6)7/h8-48H,49H2,1-7H3/i1D3,8D,9D,10D,11D,12D,13D,24D,25D,26D,27D. The maximum atomic E-state index is 9.35. The summed E-state index contributed by atoms with van der Waals surface area (Å²) in [6, 6.07) is 56.2. The van der Waals surface area contributed by atoms with E-state index in [-0.39, 0.29) is 57.7 Å². The molecule has 14 rings (SSSR count). The fourth-order valence-electron chi connectivity index (χ4n) is 12.3. The molecule has 0 saturated heterocycles. The molecule has 0 N–H and O–H groups in total. The minimum Gasteiger partial charge on any atom is -0.457 e. The molecule has 81 heavy (non-hydrogen) atoms. The van der Waals surface area contributed by atoms with Crippen LogP contribution in [0.5, 0.6) is 11.5 Å². The van der Waals surface area contributed by atoms with Crippen molar-refractivity contribution in [2.75, 3.05) is 21.4 Å². The third-order valence-corrected chi connectivity index (χ3v) is 21.1. The largest absolute Gasteiger partial charge is 0.457 e. The normalized spacial score (nSPS) is 16.3. The smallest absolute Gasteiger partial charge is 0.185 e. The molecule has 1 spiro atoms. The Hall–Kier alpha value is -9.23. The van der Waals surface area contributed by atoms with Gasteiger partial charge in [0.2, 0.25) is 0 Å². The Morgan fingerprint density at radius 3 is 1.63 bits per heavy atom. The summed E-state index contributed by atoms with van der Waals surface area (Å²) in [5, 5.41) is 4.42. The number of fused-ring (bicyclic) bond motifs is 10. The fraction of sp³-hybridized carbons (Fsp3) is 0.133. The summed E-state index contributed by atoms with van der Waals surface area (Å²) in [5.41, 5.74) is 10.4. The van der Waals surface area contributed by atoms with Crippen molar-refractivity contribution >= 4 is 68.8 Å². The van der Waals surface area contributed by atoms with Gasteiger partial charge in [0, 0.05) is 50.5 Å². The summed E-state index contributed by atoms with van der Waals surface area (Å²) in [7, 11) is -3.23. The average Bonchev–Trinajstić information content (AvgIpc) is 1.43. The van der Waals surface area contributed by atoms with E-state index in [0.717, 1.165) is 66.5 Å². The number of anilines is 7. The summed E-state index contributed by atoms with van der Waals surface area (Å²) in [4.78, 5) is 11.3. The molecule has 0 unspecified atom stereocenters. The van der Waals surface area contributed by atoms with Crippen LogP contribution < -0.4 is 40.2 Å². The van der Waals surface area contributed by atoms with Crippen LogP contribution in [-0.4, -0.2) is 19.7 Å².